The number of nitrogens with one attached hydrogen (secondary N) is 1. The van der Waals surface area contributed by atoms with Crippen LogP contribution in [0.25, 0.3) is 0 Å². The van der Waals surface area contributed by atoms with E-state index in [0.29, 0.717) is 29.7 Å². The Labute approximate surface area is 160 Å². The molecule has 0 fully saturated rings. The van der Waals surface area contributed by atoms with Gasteiger partial charge in [-0.2, -0.15) is 0 Å². The predicted octanol–water partition coefficient (Wildman–Crippen LogP) is 1.91. The van der Waals surface area contributed by atoms with Crippen LogP contribution in [-0.4, -0.2) is 43.2 Å². The van der Waals surface area contributed by atoms with Crippen LogP contribution in [0.4, 0.5) is 0 Å². The van der Waals surface area contributed by atoms with E-state index in [1.54, 1.807) is 18.3 Å². The van der Waals surface area contributed by atoms with E-state index >= 15 is 0 Å². The summed E-state index contributed by atoms with van der Waals surface area (Å²) in [6.45, 7) is 0.673. The lowest BCUT2D eigenvalue weighted by Gasteiger charge is -2.18. The molecule has 0 saturated heterocycles. The number of aromatic nitrogens is 1. The summed E-state index contributed by atoms with van der Waals surface area (Å²) in [5, 5.41) is 2.89. The molecule has 27 heavy (non-hydrogen) atoms. The van der Waals surface area contributed by atoms with E-state index in [2.05, 4.69) is 16.2 Å². The molecule has 0 saturated carbocycles. The first-order valence-corrected chi connectivity index (χ1v) is 8.89. The molecule has 2 aromatic rings. The highest BCUT2D eigenvalue weighted by atomic mass is 32.2. The summed E-state index contributed by atoms with van der Waals surface area (Å²) in [7, 11) is 0. The molecule has 1 amide bonds. The zero-order valence-corrected chi connectivity index (χ0v) is 15.1. The van der Waals surface area contributed by atoms with Crippen LogP contribution in [0.3, 0.4) is 0 Å². The van der Waals surface area contributed by atoms with Gasteiger partial charge in [-0.1, -0.05) is 17.7 Å². The number of terminal acetylenes is 1. The van der Waals surface area contributed by atoms with E-state index in [1.165, 1.54) is 11.8 Å². The van der Waals surface area contributed by atoms with Crippen LogP contribution >= 0.6 is 11.8 Å². The average Bonchev–Trinajstić information content (AvgIpc) is 2.70. The van der Waals surface area contributed by atoms with Crippen LogP contribution < -0.4 is 14.8 Å². The van der Waals surface area contributed by atoms with Crippen LogP contribution in [0.15, 0.2) is 46.5 Å². The smallest absolute Gasteiger partial charge is 0.341 e. The Balaban J connectivity index is 1.69. The molecule has 1 aromatic carbocycles. The summed E-state index contributed by atoms with van der Waals surface area (Å²) in [6.07, 6.45) is 6.64. The van der Waals surface area contributed by atoms with Crippen molar-refractivity contribution in [2.75, 3.05) is 26.4 Å². The van der Waals surface area contributed by atoms with Crippen molar-refractivity contribution in [2.45, 2.75) is 9.92 Å². The fourth-order valence-electron chi connectivity index (χ4n) is 2.24. The molecule has 3 rings (SSSR count). The number of carbonyl (C=O) groups is 2. The summed E-state index contributed by atoms with van der Waals surface area (Å²) >= 11 is 1.29. The molecule has 1 aliphatic heterocycles. The summed E-state index contributed by atoms with van der Waals surface area (Å²) in [6, 6.07) is 8.72. The molecule has 0 atom stereocenters. The highest BCUT2D eigenvalue weighted by molar-refractivity contribution is 7.99. The van der Waals surface area contributed by atoms with E-state index in [9.17, 15) is 9.59 Å². The number of hydrogen-bond donors (Lipinski definition) is 1. The molecule has 0 unspecified atom stereocenters. The summed E-state index contributed by atoms with van der Waals surface area (Å²) in [4.78, 5) is 28.9. The molecule has 1 N–H and O–H groups in total. The standard InChI is InChI=1S/C19H16N2O5S/c1-2-7-20-17(22)12-26-19(23)14-4-3-8-21-18(14)27-13-5-6-15-16(11-13)25-10-9-24-15/h1,3-6,8,11H,7,9-10,12H2,(H,20,22). The fraction of sp³-hybridized carbons (Fsp3) is 0.211. The van der Waals surface area contributed by atoms with Gasteiger partial charge in [0.1, 0.15) is 18.2 Å². The fourth-order valence-corrected chi connectivity index (χ4v) is 3.14. The van der Waals surface area contributed by atoms with Crippen LogP contribution in [0.1, 0.15) is 10.4 Å². The zero-order valence-electron chi connectivity index (χ0n) is 14.3. The molecule has 8 heteroatoms. The molecular formula is C19H16N2O5S. The first-order chi connectivity index (χ1) is 13.2. The van der Waals surface area contributed by atoms with Gasteiger partial charge in [-0.05, 0) is 30.3 Å². The Bertz CT molecular complexity index is 894. The van der Waals surface area contributed by atoms with Gasteiger partial charge < -0.3 is 19.5 Å². The van der Waals surface area contributed by atoms with Crippen molar-refractivity contribution in [3.05, 3.63) is 42.1 Å². The highest BCUT2D eigenvalue weighted by Gasteiger charge is 2.18. The molecule has 1 aliphatic rings. The van der Waals surface area contributed by atoms with Gasteiger partial charge >= 0.3 is 5.97 Å². The lowest BCUT2D eigenvalue weighted by molar-refractivity contribution is -0.123. The number of fused-ring (bicyclic) bond motifs is 1. The highest BCUT2D eigenvalue weighted by Crippen LogP contribution is 2.37. The third kappa shape index (κ3) is 4.92. The van der Waals surface area contributed by atoms with Gasteiger partial charge in [-0.15, -0.1) is 6.42 Å². The second-order valence-electron chi connectivity index (χ2n) is 5.32. The van der Waals surface area contributed by atoms with E-state index in [4.69, 9.17) is 20.6 Å². The molecule has 1 aromatic heterocycles. The van der Waals surface area contributed by atoms with Crippen molar-refractivity contribution < 1.29 is 23.8 Å². The van der Waals surface area contributed by atoms with Gasteiger partial charge in [0.05, 0.1) is 12.1 Å². The van der Waals surface area contributed by atoms with Crippen molar-refractivity contribution in [3.63, 3.8) is 0 Å². The lowest BCUT2D eigenvalue weighted by atomic mass is 10.3. The minimum Gasteiger partial charge on any atom is -0.486 e. The Hall–Kier alpha value is -3.18. The number of esters is 1. The normalized spacial score (nSPS) is 12.0. The Morgan fingerprint density at radius 3 is 2.89 bits per heavy atom. The number of amides is 1. The Kier molecular flexibility index (Phi) is 6.18. The molecule has 0 bridgehead atoms. The zero-order chi connectivity index (χ0) is 19.1. The predicted molar refractivity (Wildman–Crippen MR) is 97.9 cm³/mol. The third-order valence-electron chi connectivity index (χ3n) is 3.44. The lowest BCUT2D eigenvalue weighted by Crippen LogP contribution is -2.29. The Morgan fingerprint density at radius 1 is 1.26 bits per heavy atom. The molecule has 7 nitrogen and oxygen atoms in total. The number of hydrogen-bond acceptors (Lipinski definition) is 7. The maximum Gasteiger partial charge on any atom is 0.341 e. The van der Waals surface area contributed by atoms with Gasteiger partial charge in [0.25, 0.3) is 5.91 Å². The van der Waals surface area contributed by atoms with Gasteiger partial charge in [0.2, 0.25) is 0 Å². The van der Waals surface area contributed by atoms with E-state index in [0.717, 1.165) is 4.90 Å². The first kappa shape index (κ1) is 18.6. The van der Waals surface area contributed by atoms with Crippen molar-refractivity contribution in [1.29, 1.82) is 0 Å². The van der Waals surface area contributed by atoms with Gasteiger partial charge in [-0.3, -0.25) is 4.79 Å². The number of nitrogens with zero attached hydrogens (tertiary/aromatic N) is 1. The van der Waals surface area contributed by atoms with Crippen molar-refractivity contribution in [3.8, 4) is 23.8 Å². The molecule has 138 valence electrons. The molecule has 0 spiro atoms. The van der Waals surface area contributed by atoms with E-state index in [1.807, 2.05) is 18.2 Å². The van der Waals surface area contributed by atoms with Gasteiger partial charge in [0, 0.05) is 11.1 Å². The van der Waals surface area contributed by atoms with Crippen LogP contribution in [0.2, 0.25) is 0 Å². The maximum atomic E-state index is 12.3. The minimum absolute atomic E-state index is 0.0779. The summed E-state index contributed by atoms with van der Waals surface area (Å²) in [5.74, 6) is 2.50. The number of rotatable bonds is 6. The third-order valence-corrected chi connectivity index (χ3v) is 4.45. The Morgan fingerprint density at radius 2 is 2.07 bits per heavy atom. The largest absolute Gasteiger partial charge is 0.486 e. The average molecular weight is 384 g/mol. The van der Waals surface area contributed by atoms with Crippen LogP contribution in [-0.2, 0) is 9.53 Å². The summed E-state index contributed by atoms with van der Waals surface area (Å²) < 4.78 is 16.1. The van der Waals surface area contributed by atoms with Crippen molar-refractivity contribution in [2.24, 2.45) is 0 Å². The van der Waals surface area contributed by atoms with Crippen molar-refractivity contribution in [1.82, 2.24) is 10.3 Å². The maximum absolute atomic E-state index is 12.3. The summed E-state index contributed by atoms with van der Waals surface area (Å²) in [5.41, 5.74) is 0.266. The number of benzene rings is 1. The molecule has 0 aliphatic carbocycles. The minimum atomic E-state index is -0.640. The molecule has 0 radical (unpaired) electrons. The number of ether oxygens (including phenoxy) is 3. The first-order valence-electron chi connectivity index (χ1n) is 8.07. The topological polar surface area (TPSA) is 86.8 Å². The number of pyridine rings is 1. The van der Waals surface area contributed by atoms with Crippen molar-refractivity contribution >= 4 is 23.6 Å². The van der Waals surface area contributed by atoms with E-state index < -0.39 is 18.5 Å². The molecular weight excluding hydrogens is 368 g/mol. The quantitative estimate of drug-likeness (QED) is 0.601. The van der Waals surface area contributed by atoms with Gasteiger partial charge in [-0.25, -0.2) is 9.78 Å². The second-order valence-corrected chi connectivity index (χ2v) is 6.38. The molecule has 2 heterocycles. The van der Waals surface area contributed by atoms with Gasteiger partial charge in [0.15, 0.2) is 18.1 Å². The number of carbonyl (C=O) groups excluding carboxylic acids is 2. The SMILES string of the molecule is C#CCNC(=O)COC(=O)c1cccnc1Sc1ccc2c(c1)OCCO2. The van der Waals surface area contributed by atoms with Crippen LogP contribution in [0.5, 0.6) is 11.5 Å². The van der Waals surface area contributed by atoms with E-state index in [-0.39, 0.29) is 12.1 Å². The van der Waals surface area contributed by atoms with Crippen LogP contribution in [0, 0.1) is 12.3 Å². The monoisotopic (exact) mass is 384 g/mol. The second kappa shape index (κ2) is 8.96.